The number of likely N-dealkylation sites (N-methyl/N-ethyl adjacent to an activating group) is 1. The van der Waals surface area contributed by atoms with E-state index in [1.54, 1.807) is 0 Å². The minimum atomic E-state index is 0.293. The molecule has 12 heavy (non-hydrogen) atoms. The van der Waals surface area contributed by atoms with Gasteiger partial charge in [0.05, 0.1) is 27.2 Å². The van der Waals surface area contributed by atoms with Crippen molar-refractivity contribution in [2.24, 2.45) is 0 Å². The monoisotopic (exact) mass is 171 g/mol. The Bertz CT molecular complexity index is 187. The molecule has 1 saturated heterocycles. The first-order valence-corrected chi connectivity index (χ1v) is 4.54. The van der Waals surface area contributed by atoms with Crippen LogP contribution in [0.25, 0.3) is 0 Å². The smallest absolute Gasteiger partial charge is 0.278 e. The molecule has 0 aromatic rings. The van der Waals surface area contributed by atoms with E-state index in [-0.39, 0.29) is 0 Å². The largest absolute Gasteiger partial charge is 0.330 e. The number of carbonyl (C=O) groups excluding carboxylic acids is 1. The molecule has 0 atom stereocenters. The highest BCUT2D eigenvalue weighted by Crippen LogP contribution is 2.10. The Morgan fingerprint density at radius 2 is 2.00 bits per heavy atom. The fourth-order valence-electron chi connectivity index (χ4n) is 1.59. The van der Waals surface area contributed by atoms with Crippen LogP contribution in [0.4, 0.5) is 0 Å². The van der Waals surface area contributed by atoms with Gasteiger partial charge in [0.1, 0.15) is 0 Å². The van der Waals surface area contributed by atoms with Crippen LogP contribution in [0, 0.1) is 0 Å². The predicted octanol–water partition coefficient (Wildman–Crippen LogP) is 0.313. The lowest BCUT2D eigenvalue weighted by atomic mass is 10.2. The van der Waals surface area contributed by atoms with Gasteiger partial charge in [-0.25, -0.2) is 0 Å². The van der Waals surface area contributed by atoms with Crippen molar-refractivity contribution in [1.82, 2.24) is 4.90 Å². The van der Waals surface area contributed by atoms with Gasteiger partial charge in [-0.1, -0.05) is 0 Å². The average molecular weight is 171 g/mol. The number of piperazine rings is 1. The molecule has 1 heterocycles. The van der Waals surface area contributed by atoms with Gasteiger partial charge in [0.2, 0.25) is 0 Å². The van der Waals surface area contributed by atoms with Gasteiger partial charge in [-0.15, -0.1) is 0 Å². The second-order valence-corrected chi connectivity index (χ2v) is 4.50. The van der Waals surface area contributed by atoms with Gasteiger partial charge in [0.25, 0.3) is 5.91 Å². The Morgan fingerprint density at radius 1 is 1.42 bits per heavy atom. The third-order valence-corrected chi connectivity index (χ3v) is 2.45. The van der Waals surface area contributed by atoms with Crippen LogP contribution in [0.3, 0.4) is 0 Å². The predicted molar refractivity (Wildman–Crippen MR) is 48.7 cm³/mol. The number of nitrogens with zero attached hydrogens (tertiary/aromatic N) is 2. The Morgan fingerprint density at radius 3 is 2.42 bits per heavy atom. The highest BCUT2D eigenvalue weighted by atomic mass is 16.2. The standard InChI is InChI=1S/C9H19N2O/c1-8(2)10-5-6-11(3,4)7-9(10)12/h8H,5-7H2,1-4H3/q+1. The van der Waals surface area contributed by atoms with E-state index in [2.05, 4.69) is 27.9 Å². The van der Waals surface area contributed by atoms with Crippen LogP contribution < -0.4 is 0 Å². The van der Waals surface area contributed by atoms with E-state index in [9.17, 15) is 4.79 Å². The average Bonchev–Trinajstić information content (AvgIpc) is 1.83. The van der Waals surface area contributed by atoms with Gasteiger partial charge in [0.15, 0.2) is 6.54 Å². The summed E-state index contributed by atoms with van der Waals surface area (Å²) >= 11 is 0. The molecule has 0 unspecified atom stereocenters. The summed E-state index contributed by atoms with van der Waals surface area (Å²) in [5, 5.41) is 0. The molecule has 0 N–H and O–H groups in total. The SMILES string of the molecule is CC(C)N1CC[N+](C)(C)CC1=O. The zero-order valence-corrected chi connectivity index (χ0v) is 8.50. The summed E-state index contributed by atoms with van der Waals surface area (Å²) in [6.07, 6.45) is 0. The molecule has 0 spiro atoms. The molecule has 1 aliphatic heterocycles. The molecule has 3 heteroatoms. The van der Waals surface area contributed by atoms with E-state index >= 15 is 0 Å². The molecule has 70 valence electrons. The maximum Gasteiger partial charge on any atom is 0.278 e. The Balaban J connectivity index is 2.60. The molecular formula is C9H19N2O+. The lowest BCUT2D eigenvalue weighted by Gasteiger charge is -2.40. The summed E-state index contributed by atoms with van der Waals surface area (Å²) in [6, 6.07) is 0.359. The molecule has 0 aromatic heterocycles. The summed E-state index contributed by atoms with van der Waals surface area (Å²) in [4.78, 5) is 13.5. The van der Waals surface area contributed by atoms with Crippen molar-refractivity contribution < 1.29 is 9.28 Å². The Kier molecular flexibility index (Phi) is 2.42. The van der Waals surface area contributed by atoms with Crippen LogP contribution in [-0.2, 0) is 4.79 Å². The maximum absolute atomic E-state index is 11.6. The molecule has 0 aliphatic carbocycles. The molecule has 0 saturated carbocycles. The molecule has 3 nitrogen and oxygen atoms in total. The van der Waals surface area contributed by atoms with E-state index in [1.807, 2.05) is 4.90 Å². The number of hydrogen-bond acceptors (Lipinski definition) is 1. The Hall–Kier alpha value is -0.570. The van der Waals surface area contributed by atoms with Crippen molar-refractivity contribution in [3.63, 3.8) is 0 Å². The van der Waals surface area contributed by atoms with Gasteiger partial charge in [-0.05, 0) is 13.8 Å². The lowest BCUT2D eigenvalue weighted by molar-refractivity contribution is -0.885. The van der Waals surface area contributed by atoms with Crippen molar-refractivity contribution in [3.8, 4) is 0 Å². The number of amides is 1. The van der Waals surface area contributed by atoms with Gasteiger partial charge in [0, 0.05) is 6.04 Å². The fourth-order valence-corrected chi connectivity index (χ4v) is 1.59. The number of hydrogen-bond donors (Lipinski definition) is 0. The maximum atomic E-state index is 11.6. The topological polar surface area (TPSA) is 20.3 Å². The first-order chi connectivity index (χ1) is 5.42. The van der Waals surface area contributed by atoms with E-state index in [0.29, 0.717) is 18.5 Å². The van der Waals surface area contributed by atoms with Crippen molar-refractivity contribution in [2.45, 2.75) is 19.9 Å². The van der Waals surface area contributed by atoms with Gasteiger partial charge >= 0.3 is 0 Å². The highest BCUT2D eigenvalue weighted by Gasteiger charge is 2.31. The fraction of sp³-hybridized carbons (Fsp3) is 0.889. The van der Waals surface area contributed by atoms with Gasteiger partial charge in [-0.2, -0.15) is 0 Å². The second kappa shape index (κ2) is 3.05. The first-order valence-electron chi connectivity index (χ1n) is 4.54. The molecule has 1 amide bonds. The quantitative estimate of drug-likeness (QED) is 0.520. The zero-order chi connectivity index (χ0) is 9.35. The van der Waals surface area contributed by atoms with Gasteiger partial charge < -0.3 is 9.38 Å². The summed E-state index contributed by atoms with van der Waals surface area (Å²) < 4.78 is 0.835. The molecule has 1 fully saturated rings. The Labute approximate surface area is 74.5 Å². The molecule has 0 radical (unpaired) electrons. The minimum absolute atomic E-state index is 0.293. The van der Waals surface area contributed by atoms with Gasteiger partial charge in [-0.3, -0.25) is 4.79 Å². The summed E-state index contributed by atoms with van der Waals surface area (Å²) in [5.74, 6) is 0.293. The van der Waals surface area contributed by atoms with E-state index in [1.165, 1.54) is 0 Å². The summed E-state index contributed by atoms with van der Waals surface area (Å²) in [6.45, 7) is 6.78. The number of rotatable bonds is 1. The van der Waals surface area contributed by atoms with Crippen molar-refractivity contribution >= 4 is 5.91 Å². The van der Waals surface area contributed by atoms with Crippen LogP contribution >= 0.6 is 0 Å². The second-order valence-electron chi connectivity index (χ2n) is 4.50. The molecular weight excluding hydrogens is 152 g/mol. The van der Waals surface area contributed by atoms with Crippen molar-refractivity contribution in [3.05, 3.63) is 0 Å². The summed E-state index contributed by atoms with van der Waals surface area (Å²) in [7, 11) is 4.21. The number of carbonyl (C=O) groups is 1. The third kappa shape index (κ3) is 1.97. The zero-order valence-electron chi connectivity index (χ0n) is 8.50. The molecule has 0 bridgehead atoms. The van der Waals surface area contributed by atoms with Crippen molar-refractivity contribution in [1.29, 1.82) is 0 Å². The summed E-state index contributed by atoms with van der Waals surface area (Å²) in [5.41, 5.74) is 0. The van der Waals surface area contributed by atoms with Crippen LogP contribution in [0.15, 0.2) is 0 Å². The van der Waals surface area contributed by atoms with Crippen LogP contribution in [-0.4, -0.2) is 55.1 Å². The normalized spacial score (nSPS) is 23.4. The third-order valence-electron chi connectivity index (χ3n) is 2.45. The lowest BCUT2D eigenvalue weighted by Crippen LogP contribution is -2.59. The van der Waals surface area contributed by atoms with Crippen molar-refractivity contribution in [2.75, 3.05) is 33.7 Å². The van der Waals surface area contributed by atoms with E-state index in [4.69, 9.17) is 0 Å². The van der Waals surface area contributed by atoms with E-state index in [0.717, 1.165) is 17.6 Å². The highest BCUT2D eigenvalue weighted by molar-refractivity contribution is 5.78. The molecule has 1 rings (SSSR count). The minimum Gasteiger partial charge on any atom is -0.330 e. The van der Waals surface area contributed by atoms with Crippen LogP contribution in [0.1, 0.15) is 13.8 Å². The molecule has 0 aromatic carbocycles. The van der Waals surface area contributed by atoms with E-state index < -0.39 is 0 Å². The van der Waals surface area contributed by atoms with Crippen LogP contribution in [0.5, 0.6) is 0 Å². The first kappa shape index (κ1) is 9.52. The number of quaternary nitrogens is 1. The van der Waals surface area contributed by atoms with Crippen LogP contribution in [0.2, 0.25) is 0 Å². The molecule has 1 aliphatic rings.